The lowest BCUT2D eigenvalue weighted by Gasteiger charge is -2.38. The first-order valence-electron chi connectivity index (χ1n) is 9.68. The van der Waals surface area contributed by atoms with Gasteiger partial charge in [-0.05, 0) is 24.7 Å². The number of carbonyl (C=O) groups is 1. The summed E-state index contributed by atoms with van der Waals surface area (Å²) in [6.45, 7) is -0.872. The standard InChI is InChI=1S/C18H22F12O2/c1-2-3-10-4-6-11(7-5-10)8-12(31)32-9-14(21,22)16(25,26)18(29,30)17(27,28)15(23,24)13(19)20/h10-11,13H,2-9H2,1H3/t10-,11-. The van der Waals surface area contributed by atoms with E-state index in [4.69, 9.17) is 0 Å². The molecule has 0 atom stereocenters. The maximum Gasteiger partial charge on any atom is 0.384 e. The second kappa shape index (κ2) is 9.86. The van der Waals surface area contributed by atoms with E-state index in [1.807, 2.05) is 6.92 Å². The van der Waals surface area contributed by atoms with E-state index in [1.165, 1.54) is 0 Å². The van der Waals surface area contributed by atoms with E-state index in [2.05, 4.69) is 4.74 Å². The molecule has 1 fully saturated rings. The van der Waals surface area contributed by atoms with E-state index < -0.39 is 55.0 Å². The third-order valence-electron chi connectivity index (χ3n) is 5.47. The van der Waals surface area contributed by atoms with Crippen LogP contribution in [0.5, 0.6) is 0 Å². The lowest BCUT2D eigenvalue weighted by atomic mass is 9.79. The summed E-state index contributed by atoms with van der Waals surface area (Å²) < 4.78 is 161. The van der Waals surface area contributed by atoms with Gasteiger partial charge in [0.15, 0.2) is 6.61 Å². The summed E-state index contributed by atoms with van der Waals surface area (Å²) in [5, 5.41) is 0. The van der Waals surface area contributed by atoms with Crippen molar-refractivity contribution in [3.8, 4) is 0 Å². The molecule has 0 aliphatic heterocycles. The number of hydrogen-bond acceptors (Lipinski definition) is 2. The molecule has 0 aromatic carbocycles. The summed E-state index contributed by atoms with van der Waals surface area (Å²) in [5.74, 6) is -37.2. The highest BCUT2D eigenvalue weighted by Gasteiger charge is 2.87. The largest absolute Gasteiger partial charge is 0.459 e. The highest BCUT2D eigenvalue weighted by Crippen LogP contribution is 2.58. The molecule has 0 aromatic heterocycles. The number of ether oxygens (including phenoxy) is 1. The van der Waals surface area contributed by atoms with Gasteiger partial charge in [0.1, 0.15) is 0 Å². The van der Waals surface area contributed by atoms with Crippen LogP contribution in [-0.4, -0.2) is 48.6 Å². The summed E-state index contributed by atoms with van der Waals surface area (Å²) in [5.41, 5.74) is 0. The van der Waals surface area contributed by atoms with E-state index in [0.717, 1.165) is 12.8 Å². The van der Waals surface area contributed by atoms with Crippen molar-refractivity contribution in [2.45, 2.75) is 87.9 Å². The number of halogens is 12. The van der Waals surface area contributed by atoms with Crippen LogP contribution in [-0.2, 0) is 9.53 Å². The molecule has 1 rings (SSSR count). The zero-order chi connectivity index (χ0) is 25.2. The van der Waals surface area contributed by atoms with E-state index in [-0.39, 0.29) is 5.92 Å². The summed E-state index contributed by atoms with van der Waals surface area (Å²) in [7, 11) is 0. The highest BCUT2D eigenvalue weighted by molar-refractivity contribution is 5.69. The fourth-order valence-electron chi connectivity index (χ4n) is 3.46. The Morgan fingerprint density at radius 3 is 1.72 bits per heavy atom. The van der Waals surface area contributed by atoms with E-state index in [0.29, 0.717) is 31.6 Å². The first kappa shape index (κ1) is 28.7. The maximum atomic E-state index is 13.6. The molecule has 32 heavy (non-hydrogen) atoms. The fraction of sp³-hybridized carbons (Fsp3) is 0.944. The average molecular weight is 498 g/mol. The zero-order valence-electron chi connectivity index (χ0n) is 16.7. The lowest BCUT2D eigenvalue weighted by molar-refractivity contribution is -0.414. The number of esters is 1. The molecule has 1 aliphatic rings. The molecule has 0 aromatic rings. The van der Waals surface area contributed by atoms with Gasteiger partial charge in [0.2, 0.25) is 0 Å². The Hall–Kier alpha value is -1.37. The van der Waals surface area contributed by atoms with Gasteiger partial charge < -0.3 is 4.74 Å². The Bertz CT molecular complexity index is 627. The van der Waals surface area contributed by atoms with Gasteiger partial charge >= 0.3 is 42.0 Å². The molecule has 0 saturated heterocycles. The van der Waals surface area contributed by atoms with Gasteiger partial charge in [-0.3, -0.25) is 4.79 Å². The minimum absolute atomic E-state index is 0.361. The second-order valence-corrected chi connectivity index (χ2v) is 7.89. The van der Waals surface area contributed by atoms with E-state index in [1.54, 1.807) is 0 Å². The molecular weight excluding hydrogens is 476 g/mol. The smallest absolute Gasteiger partial charge is 0.384 e. The van der Waals surface area contributed by atoms with Crippen LogP contribution in [0.4, 0.5) is 52.7 Å². The Morgan fingerprint density at radius 1 is 0.812 bits per heavy atom. The Morgan fingerprint density at radius 2 is 1.28 bits per heavy atom. The second-order valence-electron chi connectivity index (χ2n) is 7.89. The van der Waals surface area contributed by atoms with Crippen LogP contribution < -0.4 is 0 Å². The SMILES string of the molecule is CCC[C@H]1CC[C@H](CC(=O)OCC(F)(F)C(F)(F)C(F)(F)C(F)(F)C(F)(F)C(F)F)CC1. The number of rotatable bonds is 11. The van der Waals surface area contributed by atoms with Crippen molar-refractivity contribution in [1.29, 1.82) is 0 Å². The summed E-state index contributed by atoms with van der Waals surface area (Å²) in [6.07, 6.45) is -1.85. The minimum Gasteiger partial charge on any atom is -0.459 e. The Balaban J connectivity index is 2.83. The molecule has 1 saturated carbocycles. The molecule has 14 heteroatoms. The zero-order valence-corrected chi connectivity index (χ0v) is 16.7. The molecule has 0 bridgehead atoms. The third-order valence-corrected chi connectivity index (χ3v) is 5.47. The van der Waals surface area contributed by atoms with Crippen LogP contribution in [0.15, 0.2) is 0 Å². The third kappa shape index (κ3) is 5.40. The molecule has 0 N–H and O–H groups in total. The molecule has 190 valence electrons. The Kier molecular flexibility index (Phi) is 8.83. The van der Waals surface area contributed by atoms with Gasteiger partial charge in [-0.1, -0.05) is 32.6 Å². The van der Waals surface area contributed by atoms with Crippen LogP contribution >= 0.6 is 0 Å². The predicted octanol–water partition coefficient (Wildman–Crippen LogP) is 6.97. The van der Waals surface area contributed by atoms with Crippen LogP contribution in [0.25, 0.3) is 0 Å². The molecule has 1 aliphatic carbocycles. The first-order valence-corrected chi connectivity index (χ1v) is 9.68. The van der Waals surface area contributed by atoms with E-state index in [9.17, 15) is 57.5 Å². The van der Waals surface area contributed by atoms with Gasteiger partial charge in [-0.15, -0.1) is 0 Å². The fourth-order valence-corrected chi connectivity index (χ4v) is 3.46. The molecule has 0 spiro atoms. The van der Waals surface area contributed by atoms with Crippen LogP contribution in [0.1, 0.15) is 51.9 Å². The van der Waals surface area contributed by atoms with Crippen LogP contribution in [0.2, 0.25) is 0 Å². The molecule has 0 heterocycles. The monoisotopic (exact) mass is 498 g/mol. The predicted molar refractivity (Wildman–Crippen MR) is 86.7 cm³/mol. The van der Waals surface area contributed by atoms with Crippen molar-refractivity contribution in [1.82, 2.24) is 0 Å². The number of carbonyl (C=O) groups excluding carboxylic acids is 1. The van der Waals surface area contributed by atoms with Crippen molar-refractivity contribution in [3.05, 3.63) is 0 Å². The summed E-state index contributed by atoms with van der Waals surface area (Å²) in [6, 6.07) is 0. The van der Waals surface area contributed by atoms with Crippen molar-refractivity contribution in [2.24, 2.45) is 11.8 Å². The first-order chi connectivity index (χ1) is 14.3. The molecule has 0 unspecified atom stereocenters. The summed E-state index contributed by atoms with van der Waals surface area (Å²) in [4.78, 5) is 11.6. The van der Waals surface area contributed by atoms with E-state index >= 15 is 0 Å². The Labute approximate surface area is 175 Å². The minimum atomic E-state index is -7.62. The van der Waals surface area contributed by atoms with Gasteiger partial charge in [0.25, 0.3) is 0 Å². The number of hydrogen-bond donors (Lipinski definition) is 0. The van der Waals surface area contributed by atoms with Crippen LogP contribution in [0, 0.1) is 11.8 Å². The highest BCUT2D eigenvalue weighted by atomic mass is 19.4. The normalized spacial score (nSPS) is 21.7. The molecule has 0 radical (unpaired) electrons. The van der Waals surface area contributed by atoms with Crippen molar-refractivity contribution < 1.29 is 62.2 Å². The molecule has 0 amide bonds. The summed E-state index contributed by atoms with van der Waals surface area (Å²) >= 11 is 0. The topological polar surface area (TPSA) is 26.3 Å². The van der Waals surface area contributed by atoms with Gasteiger partial charge in [0.05, 0.1) is 0 Å². The molecule has 2 nitrogen and oxygen atoms in total. The maximum absolute atomic E-state index is 13.6. The van der Waals surface area contributed by atoms with Crippen molar-refractivity contribution >= 4 is 5.97 Å². The van der Waals surface area contributed by atoms with Crippen LogP contribution in [0.3, 0.4) is 0 Å². The van der Waals surface area contributed by atoms with Crippen molar-refractivity contribution in [2.75, 3.05) is 6.61 Å². The lowest BCUT2D eigenvalue weighted by Crippen LogP contribution is -2.69. The quantitative estimate of drug-likeness (QED) is 0.227. The van der Waals surface area contributed by atoms with Gasteiger partial charge in [-0.2, -0.15) is 43.9 Å². The van der Waals surface area contributed by atoms with Crippen molar-refractivity contribution in [3.63, 3.8) is 0 Å². The van der Waals surface area contributed by atoms with Gasteiger partial charge in [-0.25, -0.2) is 8.78 Å². The van der Waals surface area contributed by atoms with Gasteiger partial charge in [0, 0.05) is 6.42 Å². The number of alkyl halides is 12. The average Bonchev–Trinajstić information content (AvgIpc) is 2.67. The molecular formula is C18H22F12O2.